The first-order chi connectivity index (χ1) is 7.87. The minimum atomic E-state index is -0.206. The molecule has 0 unspecified atom stereocenters. The molecule has 0 saturated heterocycles. The monoisotopic (exact) mass is 230 g/mol. The van der Waals surface area contributed by atoms with E-state index in [1.54, 1.807) is 0 Å². The summed E-state index contributed by atoms with van der Waals surface area (Å²) in [6, 6.07) is 7.79. The lowest BCUT2D eigenvalue weighted by atomic mass is 10.1. The molecule has 0 aliphatic carbocycles. The Morgan fingerprint density at radius 3 is 2.59 bits per heavy atom. The largest absolute Gasteiger partial charge is 0.351 e. The van der Waals surface area contributed by atoms with Crippen LogP contribution < -0.4 is 5.32 Å². The van der Waals surface area contributed by atoms with E-state index in [2.05, 4.69) is 5.32 Å². The van der Waals surface area contributed by atoms with Gasteiger partial charge in [0.15, 0.2) is 0 Å². The molecule has 0 radical (unpaired) electrons. The van der Waals surface area contributed by atoms with Crippen LogP contribution >= 0.6 is 0 Å². The average Bonchev–Trinajstić information content (AvgIpc) is 2.57. The molecule has 3 heteroatoms. The lowest BCUT2D eigenvalue weighted by Crippen LogP contribution is -2.40. The summed E-state index contributed by atoms with van der Waals surface area (Å²) in [5.41, 5.74) is 1.64. The van der Waals surface area contributed by atoms with Crippen LogP contribution in [0.5, 0.6) is 0 Å². The molecule has 1 aromatic heterocycles. The Morgan fingerprint density at radius 1 is 1.24 bits per heavy atom. The number of carbonyl (C=O) groups is 1. The van der Waals surface area contributed by atoms with Crippen LogP contribution in [-0.2, 0) is 7.05 Å². The molecular formula is C14H18N2O. The van der Waals surface area contributed by atoms with Crippen LogP contribution in [0.25, 0.3) is 10.9 Å². The predicted molar refractivity (Wildman–Crippen MR) is 70.1 cm³/mol. The zero-order valence-electron chi connectivity index (χ0n) is 10.7. The van der Waals surface area contributed by atoms with Crippen molar-refractivity contribution < 1.29 is 4.79 Å². The van der Waals surface area contributed by atoms with Crippen LogP contribution in [0, 0.1) is 0 Å². The van der Waals surface area contributed by atoms with Crippen molar-refractivity contribution in [2.24, 2.45) is 7.05 Å². The highest BCUT2D eigenvalue weighted by Crippen LogP contribution is 2.17. The van der Waals surface area contributed by atoms with E-state index in [9.17, 15) is 4.79 Å². The quantitative estimate of drug-likeness (QED) is 0.803. The summed E-state index contributed by atoms with van der Waals surface area (Å²) >= 11 is 0. The number of amides is 1. The van der Waals surface area contributed by atoms with E-state index in [0.29, 0.717) is 5.56 Å². The normalized spacial score (nSPS) is 11.8. The Kier molecular flexibility index (Phi) is 2.69. The van der Waals surface area contributed by atoms with E-state index >= 15 is 0 Å². The molecule has 1 amide bonds. The fourth-order valence-corrected chi connectivity index (χ4v) is 1.84. The topological polar surface area (TPSA) is 34.0 Å². The Bertz CT molecular complexity index is 561. The number of aromatic nitrogens is 1. The van der Waals surface area contributed by atoms with E-state index in [1.165, 1.54) is 0 Å². The van der Waals surface area contributed by atoms with E-state index in [-0.39, 0.29) is 11.4 Å². The Morgan fingerprint density at radius 2 is 1.94 bits per heavy atom. The highest BCUT2D eigenvalue weighted by atomic mass is 16.1. The summed E-state index contributed by atoms with van der Waals surface area (Å²) in [4.78, 5) is 12.0. The van der Waals surface area contributed by atoms with Crippen LogP contribution in [0.2, 0.25) is 0 Å². The lowest BCUT2D eigenvalue weighted by molar-refractivity contribution is 0.0919. The van der Waals surface area contributed by atoms with Gasteiger partial charge < -0.3 is 9.88 Å². The van der Waals surface area contributed by atoms with Gasteiger partial charge in [-0.05, 0) is 45.0 Å². The third-order valence-corrected chi connectivity index (χ3v) is 2.64. The third kappa shape index (κ3) is 2.49. The average molecular weight is 230 g/mol. The van der Waals surface area contributed by atoms with Gasteiger partial charge in [0.05, 0.1) is 0 Å². The van der Waals surface area contributed by atoms with Gasteiger partial charge in [0.1, 0.15) is 0 Å². The lowest BCUT2D eigenvalue weighted by Gasteiger charge is -2.20. The molecule has 2 aromatic rings. The molecule has 2 rings (SSSR count). The molecule has 1 N–H and O–H groups in total. The molecule has 90 valence electrons. The zero-order chi connectivity index (χ0) is 12.6. The number of rotatable bonds is 1. The van der Waals surface area contributed by atoms with Gasteiger partial charge in [-0.15, -0.1) is 0 Å². The molecule has 0 fully saturated rings. The second kappa shape index (κ2) is 3.91. The Labute approximate surface area is 101 Å². The van der Waals surface area contributed by atoms with E-state index in [0.717, 1.165) is 10.9 Å². The van der Waals surface area contributed by atoms with Crippen LogP contribution in [-0.4, -0.2) is 16.0 Å². The standard InChI is InChI=1S/C14H18N2O/c1-14(2,3)15-13(17)11-5-6-12-10(9-11)7-8-16(12)4/h5-9H,1-4H3,(H,15,17). The molecule has 1 heterocycles. The molecule has 0 aliphatic rings. The van der Waals surface area contributed by atoms with Gasteiger partial charge in [0.2, 0.25) is 0 Å². The third-order valence-electron chi connectivity index (χ3n) is 2.64. The molecule has 0 aliphatic heterocycles. The Balaban J connectivity index is 2.33. The van der Waals surface area contributed by atoms with Crippen molar-refractivity contribution in [1.82, 2.24) is 9.88 Å². The molecule has 17 heavy (non-hydrogen) atoms. The maximum absolute atomic E-state index is 12.0. The van der Waals surface area contributed by atoms with Crippen molar-refractivity contribution in [3.8, 4) is 0 Å². The van der Waals surface area contributed by atoms with Gasteiger partial charge >= 0.3 is 0 Å². The van der Waals surface area contributed by atoms with Crippen molar-refractivity contribution >= 4 is 16.8 Å². The molecule has 3 nitrogen and oxygen atoms in total. The smallest absolute Gasteiger partial charge is 0.251 e. The number of aryl methyl sites for hydroxylation is 1. The SMILES string of the molecule is Cn1ccc2cc(C(=O)NC(C)(C)C)ccc21. The fraction of sp³-hybridized carbons (Fsp3) is 0.357. The van der Waals surface area contributed by atoms with Gasteiger partial charge in [0, 0.05) is 35.2 Å². The van der Waals surface area contributed by atoms with Crippen LogP contribution in [0.1, 0.15) is 31.1 Å². The maximum atomic E-state index is 12.0. The molecule has 0 atom stereocenters. The Hall–Kier alpha value is -1.77. The minimum absolute atomic E-state index is 0.0248. The van der Waals surface area contributed by atoms with E-state index in [1.807, 2.05) is 62.8 Å². The first-order valence-corrected chi connectivity index (χ1v) is 5.74. The van der Waals surface area contributed by atoms with Gasteiger partial charge in [-0.1, -0.05) is 0 Å². The second-order valence-corrected chi connectivity index (χ2v) is 5.40. The van der Waals surface area contributed by atoms with Crippen LogP contribution in [0.4, 0.5) is 0 Å². The number of hydrogen-bond acceptors (Lipinski definition) is 1. The summed E-state index contributed by atoms with van der Waals surface area (Å²) in [5, 5.41) is 4.05. The molecule has 1 aromatic carbocycles. The number of hydrogen-bond donors (Lipinski definition) is 1. The van der Waals surface area contributed by atoms with Gasteiger partial charge in [-0.25, -0.2) is 0 Å². The van der Waals surface area contributed by atoms with Crippen molar-refractivity contribution in [1.29, 1.82) is 0 Å². The van der Waals surface area contributed by atoms with Crippen molar-refractivity contribution in [3.63, 3.8) is 0 Å². The minimum Gasteiger partial charge on any atom is -0.351 e. The summed E-state index contributed by atoms with van der Waals surface area (Å²) in [7, 11) is 2.00. The first-order valence-electron chi connectivity index (χ1n) is 5.74. The van der Waals surface area contributed by atoms with Crippen LogP contribution in [0.15, 0.2) is 30.5 Å². The van der Waals surface area contributed by atoms with Crippen molar-refractivity contribution in [3.05, 3.63) is 36.0 Å². The molecule has 0 spiro atoms. The van der Waals surface area contributed by atoms with E-state index in [4.69, 9.17) is 0 Å². The number of fused-ring (bicyclic) bond motifs is 1. The van der Waals surface area contributed by atoms with Gasteiger partial charge in [-0.3, -0.25) is 4.79 Å². The van der Waals surface area contributed by atoms with Gasteiger partial charge in [0.25, 0.3) is 5.91 Å². The summed E-state index contributed by atoms with van der Waals surface area (Å²) < 4.78 is 2.04. The van der Waals surface area contributed by atoms with Crippen molar-refractivity contribution in [2.75, 3.05) is 0 Å². The summed E-state index contributed by atoms with van der Waals surface area (Å²) in [6.07, 6.45) is 2.00. The fourth-order valence-electron chi connectivity index (χ4n) is 1.84. The van der Waals surface area contributed by atoms with Gasteiger partial charge in [-0.2, -0.15) is 0 Å². The predicted octanol–water partition coefficient (Wildman–Crippen LogP) is 2.71. The number of carbonyl (C=O) groups excluding carboxylic acids is 1. The number of nitrogens with zero attached hydrogens (tertiary/aromatic N) is 1. The molecule has 0 bridgehead atoms. The highest BCUT2D eigenvalue weighted by Gasteiger charge is 2.15. The zero-order valence-corrected chi connectivity index (χ0v) is 10.7. The summed E-state index contributed by atoms with van der Waals surface area (Å²) in [6.45, 7) is 5.93. The molecular weight excluding hydrogens is 212 g/mol. The molecule has 0 saturated carbocycles. The van der Waals surface area contributed by atoms with E-state index < -0.39 is 0 Å². The highest BCUT2D eigenvalue weighted by molar-refractivity contribution is 5.98. The van der Waals surface area contributed by atoms with Crippen LogP contribution in [0.3, 0.4) is 0 Å². The number of benzene rings is 1. The second-order valence-electron chi connectivity index (χ2n) is 5.40. The maximum Gasteiger partial charge on any atom is 0.251 e. The summed E-state index contributed by atoms with van der Waals surface area (Å²) in [5.74, 6) is -0.0248. The first kappa shape index (κ1) is 11.7. The van der Waals surface area contributed by atoms with Crippen molar-refractivity contribution in [2.45, 2.75) is 26.3 Å². The number of nitrogens with one attached hydrogen (secondary N) is 1.